The van der Waals surface area contributed by atoms with Crippen molar-refractivity contribution in [3.05, 3.63) is 42.4 Å². The molecule has 7 nitrogen and oxygen atoms in total. The average Bonchev–Trinajstić information content (AvgIpc) is 3.43. The van der Waals surface area contributed by atoms with E-state index in [1.807, 2.05) is 38.2 Å². The highest BCUT2D eigenvalue weighted by Crippen LogP contribution is 2.32. The number of fused-ring (bicyclic) bond motifs is 1. The zero-order valence-corrected chi connectivity index (χ0v) is 18.0. The van der Waals surface area contributed by atoms with Gasteiger partial charge in [-0.1, -0.05) is 13.8 Å². The highest BCUT2D eigenvalue weighted by molar-refractivity contribution is 6.02. The zero-order chi connectivity index (χ0) is 23.0. The largest absolute Gasteiger partial charge is 0.481 e. The summed E-state index contributed by atoms with van der Waals surface area (Å²) in [6.07, 6.45) is 14.0. The monoisotopic (exact) mass is 425 g/mol. The summed E-state index contributed by atoms with van der Waals surface area (Å²) in [5.74, 6) is -0.104. The summed E-state index contributed by atoms with van der Waals surface area (Å²) in [5, 5.41) is 7.48. The molecule has 31 heavy (non-hydrogen) atoms. The number of aromatic nitrogens is 3. The Morgan fingerprint density at radius 2 is 2.03 bits per heavy atom. The smallest absolute Gasteiger partial charge is 0.252 e. The van der Waals surface area contributed by atoms with Crippen LogP contribution in [0.15, 0.2) is 36.8 Å². The lowest BCUT2D eigenvalue weighted by atomic mass is 10.1. The number of hydrogen-bond donors (Lipinski definition) is 2. The Bertz CT molecular complexity index is 1050. The minimum atomic E-state index is -0.946. The number of terminal acetylenes is 1. The van der Waals surface area contributed by atoms with Crippen molar-refractivity contribution in [1.29, 1.82) is 0 Å². The highest BCUT2D eigenvalue weighted by atomic mass is 19.1. The Labute approximate surface area is 181 Å². The number of pyridine rings is 1. The van der Waals surface area contributed by atoms with Crippen LogP contribution < -0.4 is 15.8 Å². The van der Waals surface area contributed by atoms with Crippen molar-refractivity contribution in [3.8, 4) is 29.9 Å². The van der Waals surface area contributed by atoms with Gasteiger partial charge in [0, 0.05) is 24.0 Å². The standard InChI is InChI=1S/C19H20FN5O2.C2H6.C2H2/c1-27-17-8-11(5-6-22-17)12-7-16-18(24-15-4-2-3-14(15)20)13(19(21)26)9-23-25(16)10-12;2*1-2/h5-10,14-15,24H,2-4H2,1H3,(H2,21,26);1-2H3;1-2H/t14-,15+;;/m0../s1. The molecule has 1 amide bonds. The van der Waals surface area contributed by atoms with Gasteiger partial charge >= 0.3 is 0 Å². The van der Waals surface area contributed by atoms with E-state index in [-0.39, 0.29) is 11.6 Å². The molecule has 3 aromatic heterocycles. The maximum absolute atomic E-state index is 14.1. The van der Waals surface area contributed by atoms with Gasteiger partial charge in [0.05, 0.1) is 36.1 Å². The number of methoxy groups -OCH3 is 1. The van der Waals surface area contributed by atoms with Crippen LogP contribution >= 0.6 is 0 Å². The number of amides is 1. The van der Waals surface area contributed by atoms with Gasteiger partial charge in [-0.2, -0.15) is 5.10 Å². The lowest BCUT2D eigenvalue weighted by Gasteiger charge is -2.19. The van der Waals surface area contributed by atoms with E-state index in [0.29, 0.717) is 29.9 Å². The molecule has 0 spiro atoms. The number of anilines is 1. The number of halogens is 1. The normalized spacial score (nSPS) is 17.1. The van der Waals surface area contributed by atoms with Crippen molar-refractivity contribution >= 4 is 17.1 Å². The predicted molar refractivity (Wildman–Crippen MR) is 121 cm³/mol. The van der Waals surface area contributed by atoms with Gasteiger partial charge in [0.2, 0.25) is 5.88 Å². The third-order valence-electron chi connectivity index (χ3n) is 4.94. The van der Waals surface area contributed by atoms with Crippen LogP contribution in [0.1, 0.15) is 43.5 Å². The van der Waals surface area contributed by atoms with Gasteiger partial charge in [-0.25, -0.2) is 13.9 Å². The third-order valence-corrected chi connectivity index (χ3v) is 4.94. The predicted octanol–water partition coefficient (Wildman–Crippen LogP) is 4.08. The highest BCUT2D eigenvalue weighted by Gasteiger charge is 2.29. The average molecular weight is 426 g/mol. The molecule has 0 unspecified atom stereocenters. The van der Waals surface area contributed by atoms with Gasteiger partial charge in [-0.3, -0.25) is 4.79 Å². The summed E-state index contributed by atoms with van der Waals surface area (Å²) in [6, 6.07) is 5.21. The van der Waals surface area contributed by atoms with Gasteiger partial charge in [0.25, 0.3) is 5.91 Å². The molecule has 0 aliphatic heterocycles. The number of rotatable bonds is 5. The van der Waals surface area contributed by atoms with Gasteiger partial charge in [-0.15, -0.1) is 12.8 Å². The van der Waals surface area contributed by atoms with Crippen molar-refractivity contribution < 1.29 is 13.9 Å². The van der Waals surface area contributed by atoms with Gasteiger partial charge in [-0.05, 0) is 37.0 Å². The van der Waals surface area contributed by atoms with Crippen LogP contribution in [0.5, 0.6) is 5.88 Å². The summed E-state index contributed by atoms with van der Waals surface area (Å²) < 4.78 is 21.0. The molecule has 2 atom stereocenters. The quantitative estimate of drug-likeness (QED) is 0.601. The molecule has 3 heterocycles. The minimum absolute atomic E-state index is 0.249. The van der Waals surface area contributed by atoms with E-state index in [4.69, 9.17) is 10.5 Å². The number of ether oxygens (including phenoxy) is 1. The van der Waals surface area contributed by atoms with Crippen molar-refractivity contribution in [1.82, 2.24) is 14.6 Å². The first-order valence-electron chi connectivity index (χ1n) is 10.1. The number of carbonyl (C=O) groups is 1. The van der Waals surface area contributed by atoms with Crippen LogP contribution in [0, 0.1) is 12.8 Å². The molecule has 8 heteroatoms. The van der Waals surface area contributed by atoms with Crippen LogP contribution in [0.3, 0.4) is 0 Å². The summed E-state index contributed by atoms with van der Waals surface area (Å²) >= 11 is 0. The first-order valence-corrected chi connectivity index (χ1v) is 10.1. The lowest BCUT2D eigenvalue weighted by Crippen LogP contribution is -2.27. The molecule has 0 bridgehead atoms. The number of hydrogen-bond acceptors (Lipinski definition) is 5. The third kappa shape index (κ3) is 5.12. The zero-order valence-electron chi connectivity index (χ0n) is 18.0. The molecule has 0 saturated heterocycles. The second-order valence-electron chi connectivity index (χ2n) is 6.64. The van der Waals surface area contributed by atoms with Crippen LogP contribution in [-0.2, 0) is 0 Å². The maximum Gasteiger partial charge on any atom is 0.252 e. The number of nitrogens with zero attached hydrogens (tertiary/aromatic N) is 3. The minimum Gasteiger partial charge on any atom is -0.481 e. The first kappa shape index (κ1) is 23.7. The summed E-state index contributed by atoms with van der Waals surface area (Å²) in [4.78, 5) is 16.0. The van der Waals surface area contributed by atoms with Crippen molar-refractivity contribution in [3.63, 3.8) is 0 Å². The Morgan fingerprint density at radius 1 is 1.29 bits per heavy atom. The van der Waals surface area contributed by atoms with Crippen molar-refractivity contribution in [2.45, 2.75) is 45.3 Å². The van der Waals surface area contributed by atoms with E-state index in [0.717, 1.165) is 17.5 Å². The Morgan fingerprint density at radius 3 is 2.65 bits per heavy atom. The van der Waals surface area contributed by atoms with Gasteiger partial charge in [0.15, 0.2) is 0 Å². The summed E-state index contributed by atoms with van der Waals surface area (Å²) in [7, 11) is 1.56. The number of nitrogens with one attached hydrogen (secondary N) is 1. The molecule has 1 aliphatic rings. The van der Waals surface area contributed by atoms with Crippen LogP contribution in [0.2, 0.25) is 0 Å². The fraction of sp³-hybridized carbons (Fsp3) is 0.348. The van der Waals surface area contributed by atoms with Gasteiger partial charge < -0.3 is 15.8 Å². The van der Waals surface area contributed by atoms with Crippen LogP contribution in [0.4, 0.5) is 10.1 Å². The molecule has 1 saturated carbocycles. The molecule has 3 aromatic rings. The number of alkyl halides is 1. The molecular weight excluding hydrogens is 397 g/mol. The topological polar surface area (TPSA) is 94.5 Å². The van der Waals surface area contributed by atoms with E-state index >= 15 is 0 Å². The van der Waals surface area contributed by atoms with E-state index < -0.39 is 12.1 Å². The van der Waals surface area contributed by atoms with Crippen LogP contribution in [-0.4, -0.2) is 39.8 Å². The maximum atomic E-state index is 14.1. The van der Waals surface area contributed by atoms with E-state index in [2.05, 4.69) is 28.2 Å². The van der Waals surface area contributed by atoms with Crippen molar-refractivity contribution in [2.24, 2.45) is 5.73 Å². The Balaban J connectivity index is 0.000000807. The van der Waals surface area contributed by atoms with E-state index in [1.54, 1.807) is 17.8 Å². The summed E-state index contributed by atoms with van der Waals surface area (Å²) in [5.41, 5.74) is 8.71. The first-order chi connectivity index (χ1) is 15.1. The molecule has 0 radical (unpaired) electrons. The molecule has 1 aliphatic carbocycles. The number of carbonyl (C=O) groups excluding carboxylic acids is 1. The fourth-order valence-corrected chi connectivity index (χ4v) is 3.52. The fourth-order valence-electron chi connectivity index (χ4n) is 3.52. The van der Waals surface area contributed by atoms with E-state index in [1.165, 1.54) is 6.20 Å². The molecular formula is C23H28FN5O2. The molecule has 0 aromatic carbocycles. The van der Waals surface area contributed by atoms with Crippen LogP contribution in [0.25, 0.3) is 16.6 Å². The lowest BCUT2D eigenvalue weighted by molar-refractivity contribution is 0.100. The molecule has 3 N–H and O–H groups in total. The second kappa shape index (κ2) is 11.0. The molecule has 1 fully saturated rings. The SMILES string of the molecule is C#C.CC.COc1cc(-c2cc3c(N[C@@H]4CCC[C@@H]4F)c(C(N)=O)cnn3c2)ccn1. The summed E-state index contributed by atoms with van der Waals surface area (Å²) in [6.45, 7) is 4.00. The number of nitrogens with two attached hydrogens (primary N) is 1. The van der Waals surface area contributed by atoms with Gasteiger partial charge in [0.1, 0.15) is 6.17 Å². The number of primary amides is 1. The van der Waals surface area contributed by atoms with E-state index in [9.17, 15) is 9.18 Å². The second-order valence-corrected chi connectivity index (χ2v) is 6.64. The Hall–Kier alpha value is -3.60. The Kier molecular flexibility index (Phi) is 8.38. The molecule has 4 rings (SSSR count). The molecule has 164 valence electrons. The van der Waals surface area contributed by atoms with Crippen molar-refractivity contribution in [2.75, 3.05) is 12.4 Å².